The molecule has 0 saturated heterocycles. The zero-order valence-electron chi connectivity index (χ0n) is 12.3. The van der Waals surface area contributed by atoms with Crippen LogP contribution in [0.15, 0.2) is 18.2 Å². The third-order valence-electron chi connectivity index (χ3n) is 4.07. The van der Waals surface area contributed by atoms with Gasteiger partial charge in [0, 0.05) is 18.2 Å². The highest BCUT2D eigenvalue weighted by molar-refractivity contribution is 5.91. The Morgan fingerprint density at radius 2 is 2.00 bits per heavy atom. The summed E-state index contributed by atoms with van der Waals surface area (Å²) in [5, 5.41) is 3.01. The van der Waals surface area contributed by atoms with Gasteiger partial charge in [-0.3, -0.25) is 4.79 Å². The highest BCUT2D eigenvalue weighted by Crippen LogP contribution is 2.26. The molecule has 112 valence electrons. The van der Waals surface area contributed by atoms with Crippen molar-refractivity contribution in [1.29, 1.82) is 0 Å². The second-order valence-electron chi connectivity index (χ2n) is 5.78. The standard InChI is InChI=1S/C16H24N2O.ClH/c1-11-7-8-15(12(2)9-11)18-16(19)10-13-5-3-4-6-14(13)17;/h7-9,13-14H,3-6,10,17H2,1-2H3,(H,18,19);1H. The normalized spacial score (nSPS) is 21.9. The van der Waals surface area contributed by atoms with Gasteiger partial charge in [0.25, 0.3) is 0 Å². The van der Waals surface area contributed by atoms with Crippen LogP contribution in [0.25, 0.3) is 0 Å². The van der Waals surface area contributed by atoms with Crippen LogP contribution in [-0.2, 0) is 4.79 Å². The van der Waals surface area contributed by atoms with Crippen molar-refractivity contribution in [2.75, 3.05) is 5.32 Å². The van der Waals surface area contributed by atoms with Gasteiger partial charge in [0.1, 0.15) is 0 Å². The maximum atomic E-state index is 12.1. The molecule has 20 heavy (non-hydrogen) atoms. The monoisotopic (exact) mass is 296 g/mol. The third-order valence-corrected chi connectivity index (χ3v) is 4.07. The number of aryl methyl sites for hydroxylation is 2. The lowest BCUT2D eigenvalue weighted by Crippen LogP contribution is -2.35. The van der Waals surface area contributed by atoms with E-state index in [1.165, 1.54) is 18.4 Å². The van der Waals surface area contributed by atoms with Gasteiger partial charge in [-0.1, -0.05) is 30.5 Å². The van der Waals surface area contributed by atoms with E-state index in [-0.39, 0.29) is 24.4 Å². The number of carbonyl (C=O) groups is 1. The van der Waals surface area contributed by atoms with E-state index in [0.717, 1.165) is 24.1 Å². The highest BCUT2D eigenvalue weighted by atomic mass is 35.5. The van der Waals surface area contributed by atoms with Gasteiger partial charge in [-0.25, -0.2) is 0 Å². The van der Waals surface area contributed by atoms with Crippen molar-refractivity contribution >= 4 is 24.0 Å². The summed E-state index contributed by atoms with van der Waals surface area (Å²) in [5.74, 6) is 0.439. The number of anilines is 1. The molecule has 2 atom stereocenters. The van der Waals surface area contributed by atoms with Crippen molar-refractivity contribution in [2.45, 2.75) is 52.0 Å². The van der Waals surface area contributed by atoms with Crippen molar-refractivity contribution in [3.05, 3.63) is 29.3 Å². The molecule has 1 aliphatic carbocycles. The first-order valence-corrected chi connectivity index (χ1v) is 7.19. The fraction of sp³-hybridized carbons (Fsp3) is 0.562. The Balaban J connectivity index is 0.00000200. The minimum Gasteiger partial charge on any atom is -0.327 e. The molecule has 1 amide bonds. The van der Waals surface area contributed by atoms with Crippen LogP contribution < -0.4 is 11.1 Å². The molecule has 1 aliphatic rings. The maximum Gasteiger partial charge on any atom is 0.224 e. The number of nitrogens with one attached hydrogen (secondary N) is 1. The lowest BCUT2D eigenvalue weighted by atomic mass is 9.83. The lowest BCUT2D eigenvalue weighted by molar-refractivity contribution is -0.117. The number of hydrogen-bond donors (Lipinski definition) is 2. The number of hydrogen-bond acceptors (Lipinski definition) is 2. The average Bonchev–Trinajstić information content (AvgIpc) is 2.36. The molecular formula is C16H25ClN2O. The largest absolute Gasteiger partial charge is 0.327 e. The molecule has 1 aromatic rings. The van der Waals surface area contributed by atoms with Crippen LogP contribution in [0.4, 0.5) is 5.69 Å². The van der Waals surface area contributed by atoms with Gasteiger partial charge >= 0.3 is 0 Å². The molecule has 2 unspecified atom stereocenters. The second-order valence-corrected chi connectivity index (χ2v) is 5.78. The third kappa shape index (κ3) is 4.50. The molecule has 0 radical (unpaired) electrons. The Kier molecular flexibility index (Phi) is 6.50. The molecule has 0 bridgehead atoms. The highest BCUT2D eigenvalue weighted by Gasteiger charge is 2.24. The molecule has 1 aromatic carbocycles. The summed E-state index contributed by atoms with van der Waals surface area (Å²) in [4.78, 5) is 12.1. The van der Waals surface area contributed by atoms with Crippen LogP contribution in [0.5, 0.6) is 0 Å². The van der Waals surface area contributed by atoms with Gasteiger partial charge in [-0.05, 0) is 44.2 Å². The summed E-state index contributed by atoms with van der Waals surface area (Å²) in [6.45, 7) is 4.08. The first-order chi connectivity index (χ1) is 9.06. The van der Waals surface area contributed by atoms with Crippen LogP contribution in [0, 0.1) is 19.8 Å². The Hall–Kier alpha value is -1.06. The molecule has 1 saturated carbocycles. The Morgan fingerprint density at radius 3 is 2.65 bits per heavy atom. The van der Waals surface area contributed by atoms with E-state index < -0.39 is 0 Å². The van der Waals surface area contributed by atoms with E-state index >= 15 is 0 Å². The summed E-state index contributed by atoms with van der Waals surface area (Å²) >= 11 is 0. The molecule has 3 nitrogen and oxygen atoms in total. The summed E-state index contributed by atoms with van der Waals surface area (Å²) in [6, 6.07) is 6.28. The van der Waals surface area contributed by atoms with E-state index in [1.54, 1.807) is 0 Å². The zero-order chi connectivity index (χ0) is 13.8. The number of benzene rings is 1. The number of nitrogens with two attached hydrogens (primary N) is 1. The fourth-order valence-corrected chi connectivity index (χ4v) is 2.88. The SMILES string of the molecule is Cc1ccc(NC(=O)CC2CCCCC2N)c(C)c1.Cl. The molecule has 0 aliphatic heterocycles. The predicted octanol–water partition coefficient (Wildman–Crippen LogP) is 3.57. The predicted molar refractivity (Wildman–Crippen MR) is 86.3 cm³/mol. The number of halogens is 1. The summed E-state index contributed by atoms with van der Waals surface area (Å²) in [5.41, 5.74) is 9.33. The summed E-state index contributed by atoms with van der Waals surface area (Å²) in [6.07, 6.45) is 5.10. The van der Waals surface area contributed by atoms with Gasteiger partial charge < -0.3 is 11.1 Å². The quantitative estimate of drug-likeness (QED) is 0.896. The molecule has 3 N–H and O–H groups in total. The van der Waals surface area contributed by atoms with Crippen LogP contribution >= 0.6 is 12.4 Å². The first kappa shape index (κ1) is 17.0. The molecule has 4 heteroatoms. The first-order valence-electron chi connectivity index (χ1n) is 7.19. The molecule has 0 heterocycles. The van der Waals surface area contributed by atoms with E-state index in [4.69, 9.17) is 5.73 Å². The molecular weight excluding hydrogens is 272 g/mol. The van der Waals surface area contributed by atoms with Crippen molar-refractivity contribution in [3.8, 4) is 0 Å². The molecule has 0 spiro atoms. The van der Waals surface area contributed by atoms with Gasteiger partial charge in [-0.2, -0.15) is 0 Å². The van der Waals surface area contributed by atoms with E-state index in [9.17, 15) is 4.79 Å². The maximum absolute atomic E-state index is 12.1. The Bertz CT molecular complexity index is 462. The Labute approximate surface area is 127 Å². The van der Waals surface area contributed by atoms with Crippen LogP contribution in [-0.4, -0.2) is 11.9 Å². The van der Waals surface area contributed by atoms with Crippen LogP contribution in [0.2, 0.25) is 0 Å². The lowest BCUT2D eigenvalue weighted by Gasteiger charge is -2.28. The molecule has 2 rings (SSSR count). The topological polar surface area (TPSA) is 55.1 Å². The minimum absolute atomic E-state index is 0. The minimum atomic E-state index is 0. The number of carbonyl (C=O) groups excluding carboxylic acids is 1. The van der Waals surface area contributed by atoms with Gasteiger partial charge in [-0.15, -0.1) is 12.4 Å². The van der Waals surface area contributed by atoms with Crippen molar-refractivity contribution in [3.63, 3.8) is 0 Å². The molecule has 0 aromatic heterocycles. The van der Waals surface area contributed by atoms with Crippen molar-refractivity contribution in [1.82, 2.24) is 0 Å². The Morgan fingerprint density at radius 1 is 1.30 bits per heavy atom. The average molecular weight is 297 g/mol. The second kappa shape index (κ2) is 7.65. The van der Waals surface area contributed by atoms with Gasteiger partial charge in [0.05, 0.1) is 0 Å². The van der Waals surface area contributed by atoms with Gasteiger partial charge in [0.2, 0.25) is 5.91 Å². The van der Waals surface area contributed by atoms with E-state index in [0.29, 0.717) is 12.3 Å². The van der Waals surface area contributed by atoms with Crippen LogP contribution in [0.3, 0.4) is 0 Å². The van der Waals surface area contributed by atoms with Crippen LogP contribution in [0.1, 0.15) is 43.2 Å². The van der Waals surface area contributed by atoms with Gasteiger partial charge in [0.15, 0.2) is 0 Å². The number of rotatable bonds is 3. The van der Waals surface area contributed by atoms with Crippen molar-refractivity contribution in [2.24, 2.45) is 11.7 Å². The van der Waals surface area contributed by atoms with E-state index in [1.807, 2.05) is 19.1 Å². The molecule has 1 fully saturated rings. The van der Waals surface area contributed by atoms with E-state index in [2.05, 4.69) is 18.3 Å². The smallest absolute Gasteiger partial charge is 0.224 e. The summed E-state index contributed by atoms with van der Waals surface area (Å²) < 4.78 is 0. The number of amides is 1. The zero-order valence-corrected chi connectivity index (χ0v) is 13.1. The fourth-order valence-electron chi connectivity index (χ4n) is 2.88. The van der Waals surface area contributed by atoms with Crippen molar-refractivity contribution < 1.29 is 4.79 Å². The summed E-state index contributed by atoms with van der Waals surface area (Å²) in [7, 11) is 0.